The first-order valence-corrected chi connectivity index (χ1v) is 6.27. The van der Waals surface area contributed by atoms with Crippen LogP contribution in [0.1, 0.15) is 18.1 Å². The molecule has 1 fully saturated rings. The van der Waals surface area contributed by atoms with Crippen molar-refractivity contribution in [2.75, 3.05) is 27.4 Å². The lowest BCUT2D eigenvalue weighted by molar-refractivity contribution is -0.270. The molecule has 0 saturated carbocycles. The molecule has 0 radical (unpaired) electrons. The molecular weight excluding hydrogens is 246 g/mol. The molecule has 0 aliphatic carbocycles. The van der Waals surface area contributed by atoms with Crippen LogP contribution in [-0.4, -0.2) is 33.5 Å². The molecule has 5 heteroatoms. The lowest BCUT2D eigenvalue weighted by atomic mass is 10.0. The minimum absolute atomic E-state index is 0.0848. The van der Waals surface area contributed by atoms with E-state index in [0.29, 0.717) is 13.2 Å². The Morgan fingerprint density at radius 2 is 1.84 bits per heavy atom. The highest BCUT2D eigenvalue weighted by Crippen LogP contribution is 2.40. The predicted molar refractivity (Wildman–Crippen MR) is 71.5 cm³/mol. The summed E-state index contributed by atoms with van der Waals surface area (Å²) in [5, 5.41) is 0. The van der Waals surface area contributed by atoms with Crippen LogP contribution in [0.25, 0.3) is 0 Å². The molecule has 0 bridgehead atoms. The summed E-state index contributed by atoms with van der Waals surface area (Å²) in [6.07, 6.45) is 0. The van der Waals surface area contributed by atoms with E-state index in [0.717, 1.165) is 22.6 Å². The number of rotatable bonds is 3. The number of benzene rings is 1. The van der Waals surface area contributed by atoms with Gasteiger partial charge in [0.05, 0.1) is 39.0 Å². The second-order valence-corrected chi connectivity index (χ2v) is 4.80. The quantitative estimate of drug-likeness (QED) is 0.900. The maximum Gasteiger partial charge on any atom is 0.195 e. The monoisotopic (exact) mass is 267 g/mol. The lowest BCUT2D eigenvalue weighted by Crippen LogP contribution is -2.46. The average Bonchev–Trinajstić information content (AvgIpc) is 2.42. The molecule has 5 nitrogen and oxygen atoms in total. The molecule has 1 aliphatic heterocycles. The van der Waals surface area contributed by atoms with Gasteiger partial charge in [0.2, 0.25) is 0 Å². The Bertz CT molecular complexity index is 453. The van der Waals surface area contributed by atoms with Crippen molar-refractivity contribution in [3.05, 3.63) is 23.3 Å². The summed E-state index contributed by atoms with van der Waals surface area (Å²) < 4.78 is 22.3. The van der Waals surface area contributed by atoms with Gasteiger partial charge in [-0.05, 0) is 26.0 Å². The topological polar surface area (TPSA) is 62.9 Å². The molecule has 0 amide bonds. The first kappa shape index (κ1) is 14.1. The van der Waals surface area contributed by atoms with Gasteiger partial charge in [-0.1, -0.05) is 0 Å². The largest absolute Gasteiger partial charge is 0.496 e. The molecule has 106 valence electrons. The van der Waals surface area contributed by atoms with E-state index >= 15 is 0 Å². The zero-order valence-electron chi connectivity index (χ0n) is 11.9. The molecule has 1 saturated heterocycles. The van der Waals surface area contributed by atoms with Gasteiger partial charge in [-0.15, -0.1) is 0 Å². The predicted octanol–water partition coefficient (Wildman–Crippen LogP) is 1.56. The molecule has 2 rings (SSSR count). The maximum absolute atomic E-state index is 5.78. The number of hydrogen-bond acceptors (Lipinski definition) is 5. The van der Waals surface area contributed by atoms with E-state index in [-0.39, 0.29) is 6.04 Å². The molecule has 1 heterocycles. The third kappa shape index (κ3) is 2.54. The fourth-order valence-electron chi connectivity index (χ4n) is 2.29. The van der Waals surface area contributed by atoms with Gasteiger partial charge >= 0.3 is 0 Å². The third-order valence-corrected chi connectivity index (χ3v) is 3.42. The highest BCUT2D eigenvalue weighted by Gasteiger charge is 2.37. The lowest BCUT2D eigenvalue weighted by Gasteiger charge is -2.37. The fraction of sp³-hybridized carbons (Fsp3) is 0.571. The summed E-state index contributed by atoms with van der Waals surface area (Å²) >= 11 is 0. The standard InChI is InChI=1S/C14H21NO4/c1-9-12(16-3)6-5-11(13(9)17-4)14(2)18-7-10(15)8-19-14/h5-6,10H,7-8,15H2,1-4H3. The van der Waals surface area contributed by atoms with E-state index in [1.807, 2.05) is 26.0 Å². The fourth-order valence-corrected chi connectivity index (χ4v) is 2.29. The summed E-state index contributed by atoms with van der Waals surface area (Å²) in [7, 11) is 3.26. The van der Waals surface area contributed by atoms with Crippen molar-refractivity contribution in [3.8, 4) is 11.5 Å². The minimum atomic E-state index is -0.835. The molecule has 19 heavy (non-hydrogen) atoms. The minimum Gasteiger partial charge on any atom is -0.496 e. The van der Waals surface area contributed by atoms with E-state index in [2.05, 4.69) is 0 Å². The van der Waals surface area contributed by atoms with Crippen LogP contribution in [0.2, 0.25) is 0 Å². The Labute approximate surface area is 113 Å². The normalized spacial score (nSPS) is 27.1. The van der Waals surface area contributed by atoms with Crippen LogP contribution in [0.15, 0.2) is 12.1 Å². The SMILES string of the molecule is COc1ccc(C2(C)OCC(N)CO2)c(OC)c1C. The van der Waals surface area contributed by atoms with Gasteiger partial charge < -0.3 is 24.7 Å². The van der Waals surface area contributed by atoms with Crippen molar-refractivity contribution >= 4 is 0 Å². The number of hydrogen-bond donors (Lipinski definition) is 1. The molecule has 0 aromatic heterocycles. The average molecular weight is 267 g/mol. The Kier molecular flexibility index (Phi) is 3.99. The number of methoxy groups -OCH3 is 2. The summed E-state index contributed by atoms with van der Waals surface area (Å²) in [6, 6.07) is 3.71. The van der Waals surface area contributed by atoms with Crippen molar-refractivity contribution < 1.29 is 18.9 Å². The highest BCUT2D eigenvalue weighted by molar-refractivity contribution is 5.51. The van der Waals surface area contributed by atoms with Gasteiger partial charge in [0.15, 0.2) is 5.79 Å². The summed E-state index contributed by atoms with van der Waals surface area (Å²) in [6.45, 7) is 4.75. The van der Waals surface area contributed by atoms with Gasteiger partial charge in [-0.2, -0.15) is 0 Å². The second-order valence-electron chi connectivity index (χ2n) is 4.80. The van der Waals surface area contributed by atoms with Crippen molar-refractivity contribution in [2.24, 2.45) is 5.73 Å². The molecule has 1 aromatic carbocycles. The summed E-state index contributed by atoms with van der Waals surface area (Å²) in [5.41, 5.74) is 7.55. The molecule has 0 atom stereocenters. The van der Waals surface area contributed by atoms with E-state index < -0.39 is 5.79 Å². The molecule has 2 N–H and O–H groups in total. The molecular formula is C14H21NO4. The van der Waals surface area contributed by atoms with E-state index in [4.69, 9.17) is 24.7 Å². The van der Waals surface area contributed by atoms with Crippen LogP contribution in [-0.2, 0) is 15.3 Å². The van der Waals surface area contributed by atoms with E-state index in [1.165, 1.54) is 0 Å². The van der Waals surface area contributed by atoms with Crippen molar-refractivity contribution in [1.29, 1.82) is 0 Å². The Morgan fingerprint density at radius 3 is 2.37 bits per heavy atom. The van der Waals surface area contributed by atoms with Gasteiger partial charge in [-0.3, -0.25) is 0 Å². The van der Waals surface area contributed by atoms with Crippen molar-refractivity contribution in [2.45, 2.75) is 25.7 Å². The Morgan fingerprint density at radius 1 is 1.21 bits per heavy atom. The summed E-state index contributed by atoms with van der Waals surface area (Å²) in [4.78, 5) is 0. The van der Waals surface area contributed by atoms with E-state index in [9.17, 15) is 0 Å². The second kappa shape index (κ2) is 5.36. The maximum atomic E-state index is 5.78. The van der Waals surface area contributed by atoms with Gasteiger partial charge in [0.1, 0.15) is 11.5 Å². The number of nitrogens with two attached hydrogens (primary N) is 1. The highest BCUT2D eigenvalue weighted by atomic mass is 16.7. The Balaban J connectivity index is 2.42. The zero-order chi connectivity index (χ0) is 14.0. The first-order valence-electron chi connectivity index (χ1n) is 6.27. The summed E-state index contributed by atoms with van der Waals surface area (Å²) in [5.74, 6) is 0.659. The van der Waals surface area contributed by atoms with Crippen LogP contribution in [0.3, 0.4) is 0 Å². The molecule has 1 aromatic rings. The Hall–Kier alpha value is -1.30. The van der Waals surface area contributed by atoms with Crippen molar-refractivity contribution in [3.63, 3.8) is 0 Å². The third-order valence-electron chi connectivity index (χ3n) is 3.42. The van der Waals surface area contributed by atoms with E-state index in [1.54, 1.807) is 14.2 Å². The van der Waals surface area contributed by atoms with Crippen LogP contribution in [0, 0.1) is 6.92 Å². The molecule has 0 spiro atoms. The smallest absolute Gasteiger partial charge is 0.195 e. The van der Waals surface area contributed by atoms with Crippen LogP contribution < -0.4 is 15.2 Å². The van der Waals surface area contributed by atoms with Crippen molar-refractivity contribution in [1.82, 2.24) is 0 Å². The van der Waals surface area contributed by atoms with Crippen LogP contribution in [0.5, 0.6) is 11.5 Å². The van der Waals surface area contributed by atoms with Gasteiger partial charge in [0, 0.05) is 5.56 Å². The van der Waals surface area contributed by atoms with Gasteiger partial charge in [-0.25, -0.2) is 0 Å². The van der Waals surface area contributed by atoms with Gasteiger partial charge in [0.25, 0.3) is 0 Å². The molecule has 0 unspecified atom stereocenters. The first-order chi connectivity index (χ1) is 9.01. The number of ether oxygens (including phenoxy) is 4. The molecule has 1 aliphatic rings. The van der Waals surface area contributed by atoms with Crippen LogP contribution >= 0.6 is 0 Å². The zero-order valence-corrected chi connectivity index (χ0v) is 11.9. The van der Waals surface area contributed by atoms with Crippen LogP contribution in [0.4, 0.5) is 0 Å².